The summed E-state index contributed by atoms with van der Waals surface area (Å²) in [5.74, 6) is -1.27. The number of halogens is 2. The smallest absolute Gasteiger partial charge is 0.303 e. The van der Waals surface area contributed by atoms with Gasteiger partial charge in [0.1, 0.15) is 0 Å². The number of nitrogens with one attached hydrogen (secondary N) is 1. The van der Waals surface area contributed by atoms with Crippen molar-refractivity contribution in [2.24, 2.45) is 5.92 Å². The molecule has 2 rings (SSSR count). The lowest BCUT2D eigenvalue weighted by molar-refractivity contribution is -0.137. The predicted octanol–water partition coefficient (Wildman–Crippen LogP) is 3.88. The third kappa shape index (κ3) is 6.26. The summed E-state index contributed by atoms with van der Waals surface area (Å²) in [6.07, 6.45) is 1.81. The van der Waals surface area contributed by atoms with Gasteiger partial charge in [0.15, 0.2) is 0 Å². The third-order valence-electron chi connectivity index (χ3n) is 4.63. The Bertz CT molecular complexity index is 473. The summed E-state index contributed by atoms with van der Waals surface area (Å²) in [5.41, 5.74) is 1.16. The van der Waals surface area contributed by atoms with Crippen molar-refractivity contribution in [1.82, 2.24) is 5.32 Å². The molecule has 5 heteroatoms. The van der Waals surface area contributed by atoms with E-state index in [2.05, 4.69) is 5.32 Å². The summed E-state index contributed by atoms with van der Waals surface area (Å²) in [7, 11) is 0. The zero-order valence-electron chi connectivity index (χ0n) is 13.3. The first-order chi connectivity index (χ1) is 11.0. The standard InChI is InChI=1S/C18H25F2NO2/c19-18(20)14-6-8-15(9-7-14)21-16(10-11-17(22)23)12-13-4-2-1-3-5-13/h1-5,14-16,18,21H,6-12H2,(H,22,23). The van der Waals surface area contributed by atoms with Gasteiger partial charge in [-0.2, -0.15) is 0 Å². The molecule has 2 N–H and O–H groups in total. The molecule has 1 unspecified atom stereocenters. The van der Waals surface area contributed by atoms with E-state index in [9.17, 15) is 13.6 Å². The van der Waals surface area contributed by atoms with Crippen molar-refractivity contribution in [3.63, 3.8) is 0 Å². The summed E-state index contributed by atoms with van der Waals surface area (Å²) < 4.78 is 25.4. The Morgan fingerprint density at radius 1 is 1.17 bits per heavy atom. The molecule has 1 aliphatic carbocycles. The Kier molecular flexibility index (Phi) is 6.96. The van der Waals surface area contributed by atoms with E-state index < -0.39 is 18.3 Å². The zero-order valence-corrected chi connectivity index (χ0v) is 13.3. The van der Waals surface area contributed by atoms with Crippen molar-refractivity contribution in [2.75, 3.05) is 0 Å². The van der Waals surface area contributed by atoms with E-state index in [0.29, 0.717) is 19.3 Å². The van der Waals surface area contributed by atoms with Crippen molar-refractivity contribution in [2.45, 2.75) is 63.5 Å². The average Bonchev–Trinajstić information content (AvgIpc) is 2.54. The minimum absolute atomic E-state index is 0.0709. The van der Waals surface area contributed by atoms with E-state index in [1.54, 1.807) is 0 Å². The van der Waals surface area contributed by atoms with Gasteiger partial charge < -0.3 is 10.4 Å². The lowest BCUT2D eigenvalue weighted by atomic mass is 9.85. The monoisotopic (exact) mass is 325 g/mol. The van der Waals surface area contributed by atoms with Crippen molar-refractivity contribution in [3.8, 4) is 0 Å². The molecule has 0 saturated heterocycles. The van der Waals surface area contributed by atoms with Crippen LogP contribution in [0.2, 0.25) is 0 Å². The maximum atomic E-state index is 12.7. The second kappa shape index (κ2) is 8.96. The van der Waals surface area contributed by atoms with E-state index in [4.69, 9.17) is 5.11 Å². The van der Waals surface area contributed by atoms with Crippen LogP contribution in [0.4, 0.5) is 8.78 Å². The highest BCUT2D eigenvalue weighted by Gasteiger charge is 2.28. The topological polar surface area (TPSA) is 49.3 Å². The van der Waals surface area contributed by atoms with Gasteiger partial charge in [-0.1, -0.05) is 30.3 Å². The molecule has 128 valence electrons. The minimum atomic E-state index is -2.22. The third-order valence-corrected chi connectivity index (χ3v) is 4.63. The maximum absolute atomic E-state index is 12.7. The van der Waals surface area contributed by atoms with Crippen molar-refractivity contribution in [3.05, 3.63) is 35.9 Å². The first-order valence-corrected chi connectivity index (χ1v) is 8.34. The van der Waals surface area contributed by atoms with E-state index in [0.717, 1.165) is 24.8 Å². The number of carboxylic acid groups (broad SMARTS) is 1. The Balaban J connectivity index is 1.88. The van der Waals surface area contributed by atoms with Crippen LogP contribution >= 0.6 is 0 Å². The highest BCUT2D eigenvalue weighted by Crippen LogP contribution is 2.29. The van der Waals surface area contributed by atoms with Crippen LogP contribution in [-0.2, 0) is 11.2 Å². The molecule has 0 amide bonds. The zero-order chi connectivity index (χ0) is 16.7. The SMILES string of the molecule is O=C(O)CCC(Cc1ccccc1)NC1CCC(C(F)F)CC1. The quantitative estimate of drug-likeness (QED) is 0.763. The van der Waals surface area contributed by atoms with Crippen molar-refractivity contribution >= 4 is 5.97 Å². The molecule has 0 radical (unpaired) electrons. The molecule has 3 nitrogen and oxygen atoms in total. The van der Waals surface area contributed by atoms with Gasteiger partial charge in [-0.3, -0.25) is 4.79 Å². The predicted molar refractivity (Wildman–Crippen MR) is 85.7 cm³/mol. The van der Waals surface area contributed by atoms with Crippen LogP contribution in [0.15, 0.2) is 30.3 Å². The first-order valence-electron chi connectivity index (χ1n) is 8.34. The molecule has 0 heterocycles. The largest absolute Gasteiger partial charge is 0.481 e. The lowest BCUT2D eigenvalue weighted by Gasteiger charge is -2.32. The van der Waals surface area contributed by atoms with Crippen LogP contribution < -0.4 is 5.32 Å². The Morgan fingerprint density at radius 3 is 2.39 bits per heavy atom. The second-order valence-electron chi connectivity index (χ2n) is 6.43. The fourth-order valence-corrected chi connectivity index (χ4v) is 3.31. The Labute approximate surface area is 136 Å². The molecule has 0 aromatic heterocycles. The minimum Gasteiger partial charge on any atom is -0.481 e. The molecule has 1 saturated carbocycles. The molecule has 1 atom stereocenters. The summed E-state index contributed by atoms with van der Waals surface area (Å²) in [4.78, 5) is 10.9. The van der Waals surface area contributed by atoms with Gasteiger partial charge in [0.2, 0.25) is 6.43 Å². The van der Waals surface area contributed by atoms with Crippen LogP contribution in [0.1, 0.15) is 44.1 Å². The van der Waals surface area contributed by atoms with Gasteiger partial charge in [0, 0.05) is 24.4 Å². The molecular weight excluding hydrogens is 300 g/mol. The molecule has 1 aromatic carbocycles. The molecule has 0 spiro atoms. The van der Waals surface area contributed by atoms with Crippen molar-refractivity contribution < 1.29 is 18.7 Å². The van der Waals surface area contributed by atoms with Crippen LogP contribution in [0.25, 0.3) is 0 Å². The molecule has 1 aliphatic rings. The molecule has 23 heavy (non-hydrogen) atoms. The van der Waals surface area contributed by atoms with E-state index in [1.807, 2.05) is 30.3 Å². The highest BCUT2D eigenvalue weighted by atomic mass is 19.3. The number of benzene rings is 1. The number of carboxylic acids is 1. The van der Waals surface area contributed by atoms with Gasteiger partial charge in [-0.05, 0) is 44.1 Å². The van der Waals surface area contributed by atoms with Crippen LogP contribution in [0, 0.1) is 5.92 Å². The summed E-state index contributed by atoms with van der Waals surface area (Å²) in [6.45, 7) is 0. The lowest BCUT2D eigenvalue weighted by Crippen LogP contribution is -2.42. The van der Waals surface area contributed by atoms with Crippen LogP contribution in [0.5, 0.6) is 0 Å². The van der Waals surface area contributed by atoms with Gasteiger partial charge in [0.25, 0.3) is 0 Å². The van der Waals surface area contributed by atoms with Crippen molar-refractivity contribution in [1.29, 1.82) is 0 Å². The Morgan fingerprint density at radius 2 is 1.83 bits per heavy atom. The van der Waals surface area contributed by atoms with Crippen LogP contribution in [0.3, 0.4) is 0 Å². The van der Waals surface area contributed by atoms with Gasteiger partial charge >= 0.3 is 5.97 Å². The molecule has 0 bridgehead atoms. The summed E-state index contributed by atoms with van der Waals surface area (Å²) in [5, 5.41) is 12.4. The second-order valence-corrected chi connectivity index (χ2v) is 6.43. The first kappa shape index (κ1) is 17.9. The highest BCUT2D eigenvalue weighted by molar-refractivity contribution is 5.66. The number of hydrogen-bond donors (Lipinski definition) is 2. The Hall–Kier alpha value is -1.49. The van der Waals surface area contributed by atoms with E-state index in [1.165, 1.54) is 0 Å². The van der Waals surface area contributed by atoms with Gasteiger partial charge in [-0.25, -0.2) is 8.78 Å². The summed E-state index contributed by atoms with van der Waals surface area (Å²) >= 11 is 0. The average molecular weight is 325 g/mol. The van der Waals surface area contributed by atoms with Gasteiger partial charge in [-0.15, -0.1) is 0 Å². The number of aliphatic carboxylic acids is 1. The number of hydrogen-bond acceptors (Lipinski definition) is 2. The molecule has 1 fully saturated rings. The van der Waals surface area contributed by atoms with Crippen LogP contribution in [-0.4, -0.2) is 29.6 Å². The normalized spacial score (nSPS) is 22.9. The number of carbonyl (C=O) groups is 1. The fraction of sp³-hybridized carbons (Fsp3) is 0.611. The van der Waals surface area contributed by atoms with E-state index in [-0.39, 0.29) is 18.5 Å². The maximum Gasteiger partial charge on any atom is 0.303 e. The number of rotatable bonds is 8. The molecule has 1 aromatic rings. The fourth-order valence-electron chi connectivity index (χ4n) is 3.31. The molecular formula is C18H25F2NO2. The van der Waals surface area contributed by atoms with E-state index >= 15 is 0 Å². The molecule has 0 aliphatic heterocycles. The number of alkyl halides is 2. The van der Waals surface area contributed by atoms with Gasteiger partial charge in [0.05, 0.1) is 0 Å². The summed E-state index contributed by atoms with van der Waals surface area (Å²) in [6, 6.07) is 10.2.